The van der Waals surface area contributed by atoms with Crippen LogP contribution >= 0.6 is 11.3 Å². The van der Waals surface area contributed by atoms with E-state index in [2.05, 4.69) is 4.98 Å². The maximum absolute atomic E-state index is 13.0. The highest BCUT2D eigenvalue weighted by molar-refractivity contribution is 7.18. The molecule has 0 spiro atoms. The van der Waals surface area contributed by atoms with Gasteiger partial charge in [-0.1, -0.05) is 41.7 Å². The number of benzene rings is 1. The molecule has 6 nitrogen and oxygen atoms in total. The smallest absolute Gasteiger partial charge is 0.250 e. The number of ketones is 1. The van der Waals surface area contributed by atoms with Crippen LogP contribution in [-0.4, -0.2) is 15.3 Å². The number of thiazole rings is 1. The zero-order valence-electron chi connectivity index (χ0n) is 14.2. The second-order valence-electron chi connectivity index (χ2n) is 5.91. The summed E-state index contributed by atoms with van der Waals surface area (Å²) < 4.78 is 6.88. The van der Waals surface area contributed by atoms with Gasteiger partial charge >= 0.3 is 0 Å². The van der Waals surface area contributed by atoms with E-state index in [1.54, 1.807) is 18.3 Å². The van der Waals surface area contributed by atoms with Gasteiger partial charge in [0.1, 0.15) is 10.6 Å². The molecule has 0 fully saturated rings. The first-order valence-electron chi connectivity index (χ1n) is 8.21. The Bertz CT molecular complexity index is 1140. The van der Waals surface area contributed by atoms with Gasteiger partial charge in [0.2, 0.25) is 5.78 Å². The SMILES string of the molecule is Nc1nc(-c2ccco2)c(C(=O)c2ccc(=O)n(Cc3ccccc3)c2)s1. The summed E-state index contributed by atoms with van der Waals surface area (Å²) in [6, 6.07) is 16.0. The molecule has 0 bridgehead atoms. The molecule has 7 heteroatoms. The van der Waals surface area contributed by atoms with E-state index in [1.165, 1.54) is 23.0 Å². The van der Waals surface area contributed by atoms with Gasteiger partial charge < -0.3 is 14.7 Å². The molecule has 3 heterocycles. The summed E-state index contributed by atoms with van der Waals surface area (Å²) in [6.07, 6.45) is 3.08. The van der Waals surface area contributed by atoms with Gasteiger partial charge in [-0.2, -0.15) is 0 Å². The Morgan fingerprint density at radius 3 is 2.67 bits per heavy atom. The minimum atomic E-state index is -0.252. The summed E-state index contributed by atoms with van der Waals surface area (Å²) in [5.74, 6) is 0.223. The Hall–Kier alpha value is -3.45. The van der Waals surface area contributed by atoms with Crippen molar-refractivity contribution in [3.63, 3.8) is 0 Å². The van der Waals surface area contributed by atoms with Crippen LogP contribution in [0.1, 0.15) is 20.8 Å². The highest BCUT2D eigenvalue weighted by Crippen LogP contribution is 2.31. The molecule has 4 aromatic rings. The first kappa shape index (κ1) is 17.0. The van der Waals surface area contributed by atoms with E-state index in [0.717, 1.165) is 16.9 Å². The van der Waals surface area contributed by atoms with Gasteiger partial charge in [0.15, 0.2) is 10.9 Å². The van der Waals surface area contributed by atoms with Crippen molar-refractivity contribution in [2.45, 2.75) is 6.54 Å². The van der Waals surface area contributed by atoms with E-state index in [1.807, 2.05) is 30.3 Å². The molecule has 3 aromatic heterocycles. The standard InChI is InChI=1S/C20H15N3O3S/c21-20-22-17(15-7-4-10-26-15)19(27-20)18(25)14-8-9-16(24)23(12-14)11-13-5-2-1-3-6-13/h1-10,12H,11H2,(H2,21,22). The molecule has 4 rings (SSSR count). The number of hydrogen-bond acceptors (Lipinski definition) is 6. The lowest BCUT2D eigenvalue weighted by Gasteiger charge is -2.08. The minimum absolute atomic E-state index is 0.175. The van der Waals surface area contributed by atoms with Crippen LogP contribution in [0.15, 0.2) is 76.3 Å². The monoisotopic (exact) mass is 377 g/mol. The fourth-order valence-corrected chi connectivity index (χ4v) is 3.57. The number of carbonyl (C=O) groups excluding carboxylic acids is 1. The van der Waals surface area contributed by atoms with Gasteiger partial charge in [0.05, 0.1) is 12.8 Å². The maximum atomic E-state index is 13.0. The van der Waals surface area contributed by atoms with Crippen LogP contribution in [0, 0.1) is 0 Å². The van der Waals surface area contributed by atoms with Crippen LogP contribution in [0.3, 0.4) is 0 Å². The number of furan rings is 1. The third kappa shape index (κ3) is 3.45. The highest BCUT2D eigenvalue weighted by Gasteiger charge is 2.22. The lowest BCUT2D eigenvalue weighted by molar-refractivity contribution is 0.104. The number of rotatable bonds is 5. The molecular weight excluding hydrogens is 362 g/mol. The average molecular weight is 377 g/mol. The Morgan fingerprint density at radius 2 is 1.93 bits per heavy atom. The second-order valence-corrected chi connectivity index (χ2v) is 6.94. The number of carbonyl (C=O) groups is 1. The second kappa shape index (κ2) is 7.05. The molecule has 0 radical (unpaired) electrons. The lowest BCUT2D eigenvalue weighted by atomic mass is 10.1. The van der Waals surface area contributed by atoms with Crippen molar-refractivity contribution in [2.24, 2.45) is 0 Å². The van der Waals surface area contributed by atoms with Crippen LogP contribution in [0.4, 0.5) is 5.13 Å². The van der Waals surface area contributed by atoms with Crippen LogP contribution < -0.4 is 11.3 Å². The lowest BCUT2D eigenvalue weighted by Crippen LogP contribution is -2.20. The van der Waals surface area contributed by atoms with Gasteiger partial charge in [-0.25, -0.2) is 4.98 Å². The summed E-state index contributed by atoms with van der Waals surface area (Å²) in [6.45, 7) is 0.386. The molecule has 0 aliphatic rings. The maximum Gasteiger partial charge on any atom is 0.250 e. The molecule has 0 aliphatic carbocycles. The number of pyridine rings is 1. The largest absolute Gasteiger partial charge is 0.463 e. The molecule has 0 amide bonds. The summed E-state index contributed by atoms with van der Waals surface area (Å²) in [5.41, 5.74) is 7.42. The molecule has 0 unspecified atom stereocenters. The zero-order chi connectivity index (χ0) is 18.8. The van der Waals surface area contributed by atoms with Gasteiger partial charge in [0.25, 0.3) is 5.56 Å². The van der Waals surface area contributed by atoms with E-state index in [-0.39, 0.29) is 16.5 Å². The third-order valence-electron chi connectivity index (χ3n) is 4.05. The third-order valence-corrected chi connectivity index (χ3v) is 4.93. The summed E-state index contributed by atoms with van der Waals surface area (Å²) in [7, 11) is 0. The number of hydrogen-bond donors (Lipinski definition) is 1. The van der Waals surface area contributed by atoms with Crippen molar-refractivity contribution in [2.75, 3.05) is 5.73 Å². The van der Waals surface area contributed by atoms with Crippen molar-refractivity contribution in [1.82, 2.24) is 9.55 Å². The first-order chi connectivity index (χ1) is 13.1. The fourth-order valence-electron chi connectivity index (χ4n) is 2.77. The van der Waals surface area contributed by atoms with Gasteiger partial charge in [-0.15, -0.1) is 0 Å². The molecule has 0 atom stereocenters. The quantitative estimate of drug-likeness (QED) is 0.538. The molecular formula is C20H15N3O3S. The predicted molar refractivity (Wildman–Crippen MR) is 104 cm³/mol. The Labute approximate surface area is 158 Å². The summed E-state index contributed by atoms with van der Waals surface area (Å²) >= 11 is 1.10. The Morgan fingerprint density at radius 1 is 1.11 bits per heavy atom. The number of aromatic nitrogens is 2. The summed E-state index contributed by atoms with van der Waals surface area (Å²) in [4.78, 5) is 29.9. The van der Waals surface area contributed by atoms with Crippen molar-refractivity contribution in [1.29, 1.82) is 0 Å². The van der Waals surface area contributed by atoms with Crippen molar-refractivity contribution in [3.05, 3.63) is 93.4 Å². The van der Waals surface area contributed by atoms with Crippen molar-refractivity contribution in [3.8, 4) is 11.5 Å². The molecule has 27 heavy (non-hydrogen) atoms. The molecule has 0 saturated heterocycles. The summed E-state index contributed by atoms with van der Waals surface area (Å²) in [5, 5.41) is 0.280. The van der Waals surface area contributed by atoms with Crippen molar-refractivity contribution >= 4 is 22.3 Å². The van der Waals surface area contributed by atoms with E-state index in [4.69, 9.17) is 10.2 Å². The molecule has 0 saturated carbocycles. The van der Waals surface area contributed by atoms with Crippen LogP contribution in [0.5, 0.6) is 0 Å². The van der Waals surface area contributed by atoms with Crippen LogP contribution in [-0.2, 0) is 6.54 Å². The van der Waals surface area contributed by atoms with E-state index in [9.17, 15) is 9.59 Å². The molecule has 1 aromatic carbocycles. The number of anilines is 1. The normalized spacial score (nSPS) is 10.8. The number of nitrogens with two attached hydrogens (primary N) is 1. The number of nitrogen functional groups attached to an aromatic ring is 1. The Balaban J connectivity index is 1.71. The van der Waals surface area contributed by atoms with Crippen LogP contribution in [0.25, 0.3) is 11.5 Å². The van der Waals surface area contributed by atoms with Gasteiger partial charge in [-0.05, 0) is 23.8 Å². The van der Waals surface area contributed by atoms with Gasteiger partial charge in [0, 0.05) is 17.8 Å². The van der Waals surface area contributed by atoms with E-state index in [0.29, 0.717) is 28.4 Å². The van der Waals surface area contributed by atoms with E-state index < -0.39 is 0 Å². The topological polar surface area (TPSA) is 91.1 Å². The zero-order valence-corrected chi connectivity index (χ0v) is 15.0. The van der Waals surface area contributed by atoms with Gasteiger partial charge in [-0.3, -0.25) is 9.59 Å². The minimum Gasteiger partial charge on any atom is -0.463 e. The van der Waals surface area contributed by atoms with E-state index >= 15 is 0 Å². The highest BCUT2D eigenvalue weighted by atomic mass is 32.1. The fraction of sp³-hybridized carbons (Fsp3) is 0.0500. The number of nitrogens with zero attached hydrogens (tertiary/aromatic N) is 2. The average Bonchev–Trinajstić information content (AvgIpc) is 3.33. The molecule has 134 valence electrons. The van der Waals surface area contributed by atoms with Crippen LogP contribution in [0.2, 0.25) is 0 Å². The predicted octanol–water partition coefficient (Wildman–Crippen LogP) is 3.43. The molecule has 0 aliphatic heterocycles. The first-order valence-corrected chi connectivity index (χ1v) is 9.03. The molecule has 2 N–H and O–H groups in total. The van der Waals surface area contributed by atoms with Crippen molar-refractivity contribution < 1.29 is 9.21 Å². The Kier molecular flexibility index (Phi) is 4.43.